The molecule has 2 aliphatic rings. The highest BCUT2D eigenvalue weighted by atomic mass is 16.6. The topological polar surface area (TPSA) is 117 Å². The van der Waals surface area contributed by atoms with Gasteiger partial charge in [0.05, 0.1) is 28.3 Å². The molecule has 0 saturated carbocycles. The number of likely N-dealkylation sites (tertiary alicyclic amines) is 1. The van der Waals surface area contributed by atoms with Crippen LogP contribution in [0.15, 0.2) is 101 Å². The van der Waals surface area contributed by atoms with E-state index in [0.29, 0.717) is 30.1 Å². The Hall–Kier alpha value is -4.83. The Balaban J connectivity index is 1.28. The van der Waals surface area contributed by atoms with Crippen molar-refractivity contribution in [3.8, 4) is 5.75 Å². The zero-order valence-corrected chi connectivity index (χ0v) is 25.7. The lowest BCUT2D eigenvalue weighted by molar-refractivity contribution is -0.384. The van der Waals surface area contributed by atoms with Gasteiger partial charge in [-0.3, -0.25) is 24.7 Å². The van der Waals surface area contributed by atoms with Crippen LogP contribution in [0.5, 0.6) is 5.75 Å². The normalized spacial score (nSPS) is 19.7. The van der Waals surface area contributed by atoms with E-state index in [4.69, 9.17) is 4.74 Å². The smallest absolute Gasteiger partial charge is 0.269 e. The summed E-state index contributed by atoms with van der Waals surface area (Å²) in [5.74, 6) is 0.422. The number of amides is 2. The quantitative estimate of drug-likeness (QED) is 0.157. The Labute approximate surface area is 263 Å². The number of piperidine rings is 1. The Bertz CT molecular complexity index is 1530. The number of ether oxygens (including phenoxy) is 1. The van der Waals surface area contributed by atoms with Crippen molar-refractivity contribution in [1.82, 2.24) is 15.1 Å². The molecule has 0 bridgehead atoms. The molecule has 10 heteroatoms. The first-order valence-corrected chi connectivity index (χ1v) is 15.3. The lowest BCUT2D eigenvalue weighted by atomic mass is 9.82. The number of nitrogens with zero attached hydrogens (tertiary/aromatic N) is 4. The fraction of sp³-hybridized carbons (Fsp3) is 0.343. The number of benzene rings is 3. The molecule has 3 aromatic rings. The van der Waals surface area contributed by atoms with Gasteiger partial charge >= 0.3 is 0 Å². The van der Waals surface area contributed by atoms with Gasteiger partial charge in [0.25, 0.3) is 5.69 Å². The molecule has 1 fully saturated rings. The van der Waals surface area contributed by atoms with E-state index in [0.717, 1.165) is 56.6 Å². The summed E-state index contributed by atoms with van der Waals surface area (Å²) in [6.45, 7) is 6.65. The molecule has 0 radical (unpaired) electrons. The van der Waals surface area contributed by atoms with Crippen molar-refractivity contribution in [3.05, 3.63) is 118 Å². The van der Waals surface area contributed by atoms with E-state index in [1.807, 2.05) is 50.2 Å². The highest BCUT2D eigenvalue weighted by molar-refractivity contribution is 5.92. The van der Waals surface area contributed by atoms with Crippen molar-refractivity contribution >= 4 is 24.2 Å². The molecule has 2 heterocycles. The minimum absolute atomic E-state index is 0.0266. The first-order chi connectivity index (χ1) is 21.8. The van der Waals surface area contributed by atoms with Crippen LogP contribution in [0, 0.1) is 10.1 Å². The molecule has 5 rings (SSSR count). The number of non-ortho nitro benzene ring substituents is 1. The van der Waals surface area contributed by atoms with E-state index in [-0.39, 0.29) is 5.69 Å². The van der Waals surface area contributed by atoms with Crippen molar-refractivity contribution < 1.29 is 19.2 Å². The molecule has 1 N–H and O–H groups in total. The molecule has 2 aliphatic heterocycles. The van der Waals surface area contributed by atoms with Crippen molar-refractivity contribution in [3.63, 3.8) is 0 Å². The van der Waals surface area contributed by atoms with Gasteiger partial charge in [-0.2, -0.15) is 0 Å². The molecule has 234 valence electrons. The van der Waals surface area contributed by atoms with E-state index in [1.165, 1.54) is 17.7 Å². The lowest BCUT2D eigenvalue weighted by Gasteiger charge is -2.42. The summed E-state index contributed by atoms with van der Waals surface area (Å²) in [5.41, 5.74) is 3.55. The maximum atomic E-state index is 12.5. The predicted octanol–water partition coefficient (Wildman–Crippen LogP) is 5.42. The van der Waals surface area contributed by atoms with E-state index in [1.54, 1.807) is 17.0 Å². The van der Waals surface area contributed by atoms with Crippen LogP contribution in [0.4, 0.5) is 5.69 Å². The molecule has 1 saturated heterocycles. The molecular formula is C35H39N5O5. The highest BCUT2D eigenvalue weighted by Crippen LogP contribution is 2.39. The van der Waals surface area contributed by atoms with E-state index >= 15 is 0 Å². The predicted molar refractivity (Wildman–Crippen MR) is 173 cm³/mol. The summed E-state index contributed by atoms with van der Waals surface area (Å²) in [6.07, 6.45) is 3.84. The van der Waals surface area contributed by atoms with Crippen molar-refractivity contribution in [2.45, 2.75) is 50.7 Å². The SMILES string of the molecule is CC1=NC(C)=C(N(C=O)CCCN2CCC(Oc3ccccc3)(c3ccccc3)CC2)C(c2ccc([N+](=O)[O-])cc2)C1NC=O. The lowest BCUT2D eigenvalue weighted by Crippen LogP contribution is -2.47. The monoisotopic (exact) mass is 609 g/mol. The summed E-state index contributed by atoms with van der Waals surface area (Å²) in [7, 11) is 0. The summed E-state index contributed by atoms with van der Waals surface area (Å²) in [4.78, 5) is 43.7. The van der Waals surface area contributed by atoms with Gasteiger partial charge in [-0.05, 0) is 50.1 Å². The summed E-state index contributed by atoms with van der Waals surface area (Å²) >= 11 is 0. The van der Waals surface area contributed by atoms with Gasteiger partial charge in [0.2, 0.25) is 12.8 Å². The third-order valence-electron chi connectivity index (χ3n) is 8.83. The van der Waals surface area contributed by atoms with Crippen molar-refractivity contribution in [2.24, 2.45) is 4.99 Å². The van der Waals surface area contributed by atoms with Crippen LogP contribution in [0.1, 0.15) is 50.2 Å². The third kappa shape index (κ3) is 7.12. The second-order valence-electron chi connectivity index (χ2n) is 11.6. The van der Waals surface area contributed by atoms with Gasteiger partial charge in [0.15, 0.2) is 0 Å². The number of hydrogen-bond donors (Lipinski definition) is 1. The molecule has 2 amide bonds. The zero-order chi connectivity index (χ0) is 31.8. The van der Waals surface area contributed by atoms with Crippen LogP contribution >= 0.6 is 0 Å². The van der Waals surface area contributed by atoms with Gasteiger partial charge in [0.1, 0.15) is 11.4 Å². The molecular weight excluding hydrogens is 570 g/mol. The Morgan fingerprint density at radius 1 is 1.00 bits per heavy atom. The average Bonchev–Trinajstić information content (AvgIpc) is 3.06. The summed E-state index contributed by atoms with van der Waals surface area (Å²) in [6, 6.07) is 26.1. The largest absolute Gasteiger partial charge is 0.482 e. The number of nitro groups is 1. The van der Waals surface area contributed by atoms with Gasteiger partial charge in [-0.25, -0.2) is 0 Å². The summed E-state index contributed by atoms with van der Waals surface area (Å²) in [5, 5.41) is 14.1. The number of aliphatic imine (C=N–C) groups is 1. The second kappa shape index (κ2) is 14.3. The molecule has 0 aromatic heterocycles. The van der Waals surface area contributed by atoms with Crippen LogP contribution < -0.4 is 10.1 Å². The molecule has 2 unspecified atom stereocenters. The second-order valence-corrected chi connectivity index (χ2v) is 11.6. The molecule has 10 nitrogen and oxygen atoms in total. The van der Waals surface area contributed by atoms with Crippen LogP contribution in [0.2, 0.25) is 0 Å². The first kappa shape index (κ1) is 31.6. The van der Waals surface area contributed by atoms with E-state index in [9.17, 15) is 19.7 Å². The Morgan fingerprint density at radius 2 is 1.64 bits per heavy atom. The Morgan fingerprint density at radius 3 is 2.24 bits per heavy atom. The molecule has 0 aliphatic carbocycles. The zero-order valence-electron chi connectivity index (χ0n) is 25.7. The molecule has 0 spiro atoms. The number of rotatable bonds is 13. The van der Waals surface area contributed by atoms with Gasteiger partial charge in [-0.15, -0.1) is 0 Å². The van der Waals surface area contributed by atoms with E-state index < -0.39 is 22.5 Å². The van der Waals surface area contributed by atoms with E-state index in [2.05, 4.69) is 39.5 Å². The maximum Gasteiger partial charge on any atom is 0.269 e. The summed E-state index contributed by atoms with van der Waals surface area (Å²) < 4.78 is 6.67. The van der Waals surface area contributed by atoms with Gasteiger partial charge in [-0.1, -0.05) is 60.7 Å². The maximum absolute atomic E-state index is 12.5. The number of nitro benzene ring substituents is 1. The average molecular weight is 610 g/mol. The number of para-hydroxylation sites is 1. The Kier molecular flexibility index (Phi) is 10.0. The minimum atomic E-state index is -0.497. The number of hydrogen-bond acceptors (Lipinski definition) is 7. The number of carbonyl (C=O) groups is 2. The van der Waals surface area contributed by atoms with Gasteiger partial charge < -0.3 is 19.9 Å². The van der Waals surface area contributed by atoms with Crippen molar-refractivity contribution in [2.75, 3.05) is 26.2 Å². The first-order valence-electron chi connectivity index (χ1n) is 15.3. The fourth-order valence-corrected chi connectivity index (χ4v) is 6.58. The molecule has 2 atom stereocenters. The standard InChI is InChI=1S/C35H39N5O5/c1-26-33(36-24-41)32(28-14-16-30(17-15-28)40(43)44)34(27(2)37-26)39(25-42)21-9-20-38-22-18-35(19-23-38,29-10-5-3-6-11-29)45-31-12-7-4-8-13-31/h3-8,10-17,24-25,32-33H,9,18-23H2,1-2H3,(H,36,41). The highest BCUT2D eigenvalue weighted by Gasteiger charge is 2.39. The fourth-order valence-electron chi connectivity index (χ4n) is 6.58. The number of allylic oxidation sites excluding steroid dienone is 1. The molecule has 45 heavy (non-hydrogen) atoms. The van der Waals surface area contributed by atoms with Crippen LogP contribution in [0.3, 0.4) is 0 Å². The number of carbonyl (C=O) groups excluding carboxylic acids is 2. The van der Waals surface area contributed by atoms with Gasteiger partial charge in [0, 0.05) is 50.3 Å². The van der Waals surface area contributed by atoms with Crippen molar-refractivity contribution in [1.29, 1.82) is 0 Å². The van der Waals surface area contributed by atoms with Crippen LogP contribution in [-0.4, -0.2) is 65.5 Å². The van der Waals surface area contributed by atoms with Crippen LogP contribution in [-0.2, 0) is 15.2 Å². The number of nitrogens with one attached hydrogen (secondary N) is 1. The molecule has 3 aromatic carbocycles. The third-order valence-corrected chi connectivity index (χ3v) is 8.83. The van der Waals surface area contributed by atoms with Crippen LogP contribution in [0.25, 0.3) is 0 Å². The minimum Gasteiger partial charge on any atom is -0.482 e.